The lowest BCUT2D eigenvalue weighted by Crippen LogP contribution is -2.40. The average Bonchev–Trinajstić information content (AvgIpc) is 2.91. The highest BCUT2D eigenvalue weighted by atomic mass is 19.4. The quantitative estimate of drug-likeness (QED) is 0.847. The predicted molar refractivity (Wildman–Crippen MR) is 73.7 cm³/mol. The summed E-state index contributed by atoms with van der Waals surface area (Å²) in [6.45, 7) is 0.0231. The molecule has 1 unspecified atom stereocenters. The van der Waals surface area contributed by atoms with Crippen LogP contribution in [0.1, 0.15) is 6.92 Å². The van der Waals surface area contributed by atoms with Gasteiger partial charge in [-0.2, -0.15) is 13.2 Å². The minimum Gasteiger partial charge on any atom is -0.481 e. The molecule has 1 aromatic rings. The van der Waals surface area contributed by atoms with Crippen LogP contribution in [0.15, 0.2) is 24.3 Å². The van der Waals surface area contributed by atoms with E-state index in [2.05, 4.69) is 0 Å². The van der Waals surface area contributed by atoms with Gasteiger partial charge in [-0.05, 0) is 19.1 Å². The van der Waals surface area contributed by atoms with Crippen LogP contribution in [0.4, 0.5) is 17.6 Å². The fourth-order valence-corrected chi connectivity index (χ4v) is 2.62. The molecule has 1 aliphatic rings. The van der Waals surface area contributed by atoms with Crippen LogP contribution in [0.3, 0.4) is 0 Å². The van der Waals surface area contributed by atoms with Crippen molar-refractivity contribution in [2.24, 2.45) is 11.8 Å². The van der Waals surface area contributed by atoms with Crippen molar-refractivity contribution in [1.82, 2.24) is 4.90 Å². The van der Waals surface area contributed by atoms with E-state index in [9.17, 15) is 27.2 Å². The zero-order valence-corrected chi connectivity index (χ0v) is 12.6. The van der Waals surface area contributed by atoms with Crippen molar-refractivity contribution >= 4 is 11.9 Å². The molecule has 1 aromatic carbocycles. The van der Waals surface area contributed by atoms with Crippen LogP contribution in [-0.4, -0.2) is 47.3 Å². The number of benzene rings is 1. The first-order valence-electron chi connectivity index (χ1n) is 7.10. The Hall–Kier alpha value is -2.32. The Morgan fingerprint density at radius 2 is 2.00 bits per heavy atom. The molecule has 1 saturated heterocycles. The van der Waals surface area contributed by atoms with Crippen molar-refractivity contribution in [3.05, 3.63) is 30.1 Å². The number of likely N-dealkylation sites (tertiary alicyclic amines) is 1. The van der Waals surface area contributed by atoms with Crippen LogP contribution in [0.5, 0.6) is 5.75 Å². The van der Waals surface area contributed by atoms with Crippen LogP contribution in [0.2, 0.25) is 0 Å². The van der Waals surface area contributed by atoms with Crippen LogP contribution >= 0.6 is 0 Å². The second-order valence-electron chi connectivity index (χ2n) is 5.55. The van der Waals surface area contributed by atoms with Gasteiger partial charge in [0.1, 0.15) is 11.6 Å². The molecule has 0 spiro atoms. The molecule has 9 heteroatoms. The maximum absolute atomic E-state index is 13.1. The van der Waals surface area contributed by atoms with Crippen molar-refractivity contribution in [2.45, 2.75) is 19.2 Å². The third-order valence-corrected chi connectivity index (χ3v) is 3.83. The lowest BCUT2D eigenvalue weighted by atomic mass is 9.96. The van der Waals surface area contributed by atoms with Crippen LogP contribution in [-0.2, 0) is 9.59 Å². The maximum Gasteiger partial charge on any atom is 0.394 e. The van der Waals surface area contributed by atoms with Gasteiger partial charge in [0.15, 0.2) is 6.10 Å². The molecule has 1 aliphatic heterocycles. The van der Waals surface area contributed by atoms with Gasteiger partial charge in [-0.25, -0.2) is 4.39 Å². The standard InChI is InChI=1S/C15H15F4NO4/c1-8(24-10-4-2-3-9(16)5-10)13(21)20-6-11(14(22)23)12(7-20)15(17,18)19/h2-5,8,11-12H,6-7H2,1H3,(H,22,23)/t8?,11-,12-/m1/s1. The van der Waals surface area contributed by atoms with Gasteiger partial charge in [0.05, 0.1) is 11.8 Å². The van der Waals surface area contributed by atoms with Crippen LogP contribution in [0.25, 0.3) is 0 Å². The number of rotatable bonds is 4. The number of carbonyl (C=O) groups is 2. The van der Waals surface area contributed by atoms with E-state index in [0.717, 1.165) is 11.0 Å². The van der Waals surface area contributed by atoms with E-state index in [1.807, 2.05) is 0 Å². The topological polar surface area (TPSA) is 66.8 Å². The summed E-state index contributed by atoms with van der Waals surface area (Å²) in [7, 11) is 0. The fraction of sp³-hybridized carbons (Fsp3) is 0.467. The minimum atomic E-state index is -4.72. The van der Waals surface area contributed by atoms with E-state index in [-0.39, 0.29) is 5.75 Å². The third kappa shape index (κ3) is 3.95. The number of amides is 1. The van der Waals surface area contributed by atoms with Crippen LogP contribution < -0.4 is 4.74 Å². The van der Waals surface area contributed by atoms with Gasteiger partial charge >= 0.3 is 12.1 Å². The smallest absolute Gasteiger partial charge is 0.394 e. The Kier molecular flexibility index (Phi) is 5.00. The Bertz CT molecular complexity index is 634. The lowest BCUT2D eigenvalue weighted by molar-refractivity contribution is -0.188. The number of hydrogen-bond donors (Lipinski definition) is 1. The number of carboxylic acids is 1. The van der Waals surface area contributed by atoms with Crippen LogP contribution in [0, 0.1) is 17.7 Å². The third-order valence-electron chi connectivity index (χ3n) is 3.83. The second kappa shape index (κ2) is 6.66. The minimum absolute atomic E-state index is 0.0530. The molecule has 0 saturated carbocycles. The zero-order chi connectivity index (χ0) is 18.1. The number of alkyl halides is 3. The predicted octanol–water partition coefficient (Wildman–Crippen LogP) is 2.31. The van der Waals surface area contributed by atoms with E-state index >= 15 is 0 Å². The molecule has 1 fully saturated rings. The molecule has 0 aliphatic carbocycles. The second-order valence-corrected chi connectivity index (χ2v) is 5.55. The van der Waals surface area contributed by atoms with E-state index in [0.29, 0.717) is 0 Å². The Balaban J connectivity index is 2.08. The van der Waals surface area contributed by atoms with Crippen molar-refractivity contribution in [2.75, 3.05) is 13.1 Å². The molecule has 24 heavy (non-hydrogen) atoms. The molecule has 132 valence electrons. The summed E-state index contributed by atoms with van der Waals surface area (Å²) in [4.78, 5) is 24.1. The molecule has 1 N–H and O–H groups in total. The van der Waals surface area contributed by atoms with Gasteiger partial charge in [0.25, 0.3) is 5.91 Å². The summed E-state index contributed by atoms with van der Waals surface area (Å²) >= 11 is 0. The number of carbonyl (C=O) groups excluding carboxylic acids is 1. The molecule has 0 radical (unpaired) electrons. The molecule has 5 nitrogen and oxygen atoms in total. The van der Waals surface area contributed by atoms with E-state index in [1.165, 1.54) is 25.1 Å². The summed E-state index contributed by atoms with van der Waals surface area (Å²) in [5.41, 5.74) is 0. The van der Waals surface area contributed by atoms with Crippen molar-refractivity contribution in [3.63, 3.8) is 0 Å². The molecule has 3 atom stereocenters. The first-order valence-corrected chi connectivity index (χ1v) is 7.10. The molecular formula is C15H15F4NO4. The number of carboxylic acid groups (broad SMARTS) is 1. The fourth-order valence-electron chi connectivity index (χ4n) is 2.62. The molecule has 0 aromatic heterocycles. The highest BCUT2D eigenvalue weighted by Gasteiger charge is 2.53. The van der Waals surface area contributed by atoms with Crippen molar-refractivity contribution in [3.8, 4) is 5.75 Å². The first-order chi connectivity index (χ1) is 11.1. The zero-order valence-electron chi connectivity index (χ0n) is 12.6. The SMILES string of the molecule is CC(Oc1cccc(F)c1)C(=O)N1C[C@@H](C(F)(F)F)[C@H](C(=O)O)C1. The van der Waals surface area contributed by atoms with Gasteiger partial charge in [-0.3, -0.25) is 9.59 Å². The summed E-state index contributed by atoms with van der Waals surface area (Å²) in [6, 6.07) is 4.96. The number of nitrogens with zero attached hydrogens (tertiary/aromatic N) is 1. The van der Waals surface area contributed by atoms with Gasteiger partial charge in [0.2, 0.25) is 0 Å². The molecular weight excluding hydrogens is 334 g/mol. The number of halogens is 4. The summed E-state index contributed by atoms with van der Waals surface area (Å²) < 4.78 is 57.1. The first kappa shape index (κ1) is 18.0. The lowest BCUT2D eigenvalue weighted by Gasteiger charge is -2.22. The number of hydrogen-bond acceptors (Lipinski definition) is 3. The van der Waals surface area contributed by atoms with E-state index < -0.39 is 54.9 Å². The average molecular weight is 349 g/mol. The molecule has 0 bridgehead atoms. The molecule has 1 amide bonds. The highest BCUT2D eigenvalue weighted by molar-refractivity contribution is 5.82. The van der Waals surface area contributed by atoms with Gasteiger partial charge < -0.3 is 14.7 Å². The largest absolute Gasteiger partial charge is 0.481 e. The maximum atomic E-state index is 13.1. The Labute approximate surface area is 134 Å². The van der Waals surface area contributed by atoms with Crippen molar-refractivity contribution < 1.29 is 37.0 Å². The number of ether oxygens (including phenoxy) is 1. The number of aliphatic carboxylic acids is 1. The summed E-state index contributed by atoms with van der Waals surface area (Å²) in [6.07, 6.45) is -5.89. The molecule has 1 heterocycles. The normalized spacial score (nSPS) is 22.3. The molecule has 2 rings (SSSR count). The summed E-state index contributed by atoms with van der Waals surface area (Å²) in [5, 5.41) is 8.94. The highest BCUT2D eigenvalue weighted by Crippen LogP contribution is 2.38. The monoisotopic (exact) mass is 349 g/mol. The van der Waals surface area contributed by atoms with Gasteiger partial charge in [-0.15, -0.1) is 0 Å². The van der Waals surface area contributed by atoms with E-state index in [4.69, 9.17) is 9.84 Å². The summed E-state index contributed by atoms with van der Waals surface area (Å²) in [5.74, 6) is -6.76. The van der Waals surface area contributed by atoms with E-state index in [1.54, 1.807) is 0 Å². The van der Waals surface area contributed by atoms with Gasteiger partial charge in [-0.1, -0.05) is 6.07 Å². The van der Waals surface area contributed by atoms with Crippen molar-refractivity contribution in [1.29, 1.82) is 0 Å². The Morgan fingerprint density at radius 3 is 2.50 bits per heavy atom. The Morgan fingerprint density at radius 1 is 1.33 bits per heavy atom. The van der Waals surface area contributed by atoms with Gasteiger partial charge in [0, 0.05) is 19.2 Å².